The van der Waals surface area contributed by atoms with E-state index in [0.29, 0.717) is 12.8 Å². The summed E-state index contributed by atoms with van der Waals surface area (Å²) < 4.78 is 0. The first kappa shape index (κ1) is 12.2. The highest BCUT2D eigenvalue weighted by molar-refractivity contribution is 8.15. The average Bonchev–Trinajstić information content (AvgIpc) is 2.43. The third kappa shape index (κ3) is 1.95. The topological polar surface area (TPSA) is 90.9 Å². The number of nitrogens with two attached hydrogens (primary N) is 1. The first-order valence-corrected chi connectivity index (χ1v) is 6.53. The predicted octanol–water partition coefficient (Wildman–Crippen LogP) is -0.0228. The van der Waals surface area contributed by atoms with E-state index in [1.54, 1.807) is 0 Å². The molecule has 1 aliphatic heterocycles. The summed E-state index contributed by atoms with van der Waals surface area (Å²) in [6, 6.07) is 0.235. The Labute approximate surface area is 99.5 Å². The third-order valence-electron chi connectivity index (χ3n) is 3.24. The first-order chi connectivity index (χ1) is 7.49. The number of fused-ring (bicyclic) bond motifs is 1. The highest BCUT2D eigenvalue weighted by atomic mass is 32.2. The number of hydrogen-bond acceptors (Lipinski definition) is 6. The van der Waals surface area contributed by atoms with Crippen LogP contribution in [0.3, 0.4) is 0 Å². The van der Waals surface area contributed by atoms with Crippen LogP contribution in [0.25, 0.3) is 0 Å². The molecule has 0 amide bonds. The van der Waals surface area contributed by atoms with Gasteiger partial charge in [-0.1, -0.05) is 6.92 Å². The van der Waals surface area contributed by atoms with Crippen molar-refractivity contribution >= 4 is 16.9 Å². The van der Waals surface area contributed by atoms with Gasteiger partial charge in [0.05, 0.1) is 0 Å². The molecule has 0 unspecified atom stereocenters. The molecule has 1 heterocycles. The van der Waals surface area contributed by atoms with Crippen molar-refractivity contribution in [2.45, 2.75) is 49.3 Å². The van der Waals surface area contributed by atoms with Crippen molar-refractivity contribution in [1.29, 1.82) is 0 Å². The minimum absolute atomic E-state index is 0.235. The van der Waals surface area contributed by atoms with Crippen LogP contribution in [-0.2, 0) is 0 Å². The molecule has 92 valence electrons. The molecular formula is C10H19N3O2S. The lowest BCUT2D eigenvalue weighted by Gasteiger charge is -2.42. The highest BCUT2D eigenvalue weighted by Crippen LogP contribution is 2.49. The maximum atomic E-state index is 10.4. The molecule has 1 aliphatic carbocycles. The van der Waals surface area contributed by atoms with Crippen LogP contribution in [-0.4, -0.2) is 38.6 Å². The number of nitrogens with one attached hydrogen (secondary N) is 1. The van der Waals surface area contributed by atoms with Gasteiger partial charge in [-0.2, -0.15) is 0 Å². The number of thioether (sulfide) groups is 1. The predicted molar refractivity (Wildman–Crippen MR) is 65.0 cm³/mol. The van der Waals surface area contributed by atoms with E-state index in [0.717, 1.165) is 31.1 Å². The van der Waals surface area contributed by atoms with E-state index < -0.39 is 10.7 Å². The van der Waals surface area contributed by atoms with Crippen molar-refractivity contribution in [1.82, 2.24) is 5.32 Å². The molecule has 3 atom stereocenters. The maximum Gasteiger partial charge on any atom is 0.197 e. The summed E-state index contributed by atoms with van der Waals surface area (Å²) >= 11 is 1.08. The lowest BCUT2D eigenvalue weighted by molar-refractivity contribution is -0.117. The van der Waals surface area contributed by atoms with Gasteiger partial charge in [0, 0.05) is 18.9 Å². The van der Waals surface area contributed by atoms with Gasteiger partial charge in [0.1, 0.15) is 0 Å². The van der Waals surface area contributed by atoms with Gasteiger partial charge in [-0.05, 0) is 31.1 Å². The minimum atomic E-state index is -1.38. The Bertz CT molecular complexity index is 312. The Morgan fingerprint density at radius 2 is 2.38 bits per heavy atom. The summed E-state index contributed by atoms with van der Waals surface area (Å²) in [5.74, 6) is 0. The molecule has 0 saturated heterocycles. The molecule has 16 heavy (non-hydrogen) atoms. The molecule has 0 bridgehead atoms. The fourth-order valence-electron chi connectivity index (χ4n) is 2.34. The number of aliphatic imine (C=N–C) groups is 1. The Morgan fingerprint density at radius 1 is 1.62 bits per heavy atom. The standard InChI is InChI=1S/C10H19N3O2S/c1-2-5-12-7-3-4-9(14)10(15,6-7)16-8(11)13-9/h7,12,14-15H,2-6H2,1H3,(H2,11,13)/t7-,9+,10+/m0/s1. The average molecular weight is 245 g/mol. The minimum Gasteiger partial charge on any atom is -0.378 e. The number of rotatable bonds is 3. The second-order valence-electron chi connectivity index (χ2n) is 4.55. The van der Waals surface area contributed by atoms with Gasteiger partial charge in [-0.3, -0.25) is 0 Å². The van der Waals surface area contributed by atoms with Crippen molar-refractivity contribution < 1.29 is 10.2 Å². The number of aliphatic hydroxyl groups is 2. The number of nitrogens with zero attached hydrogens (tertiary/aromatic N) is 1. The van der Waals surface area contributed by atoms with Gasteiger partial charge >= 0.3 is 0 Å². The molecule has 0 aromatic rings. The molecular weight excluding hydrogens is 226 g/mol. The number of amidine groups is 1. The van der Waals surface area contributed by atoms with Crippen LogP contribution in [0.2, 0.25) is 0 Å². The zero-order valence-corrected chi connectivity index (χ0v) is 10.3. The molecule has 2 rings (SSSR count). The van der Waals surface area contributed by atoms with Gasteiger partial charge in [-0.25, -0.2) is 4.99 Å². The summed E-state index contributed by atoms with van der Waals surface area (Å²) in [5.41, 5.74) is 4.20. The molecule has 5 N–H and O–H groups in total. The zero-order chi connectivity index (χ0) is 11.8. The SMILES string of the molecule is CCCN[C@H]1CC[C@]2(O)N=C(N)S[C@]2(O)C1. The Hall–Kier alpha value is -0.300. The molecule has 5 nitrogen and oxygen atoms in total. The van der Waals surface area contributed by atoms with E-state index in [1.807, 2.05) is 0 Å². The maximum absolute atomic E-state index is 10.4. The lowest BCUT2D eigenvalue weighted by atomic mass is 9.85. The van der Waals surface area contributed by atoms with E-state index in [9.17, 15) is 10.2 Å². The smallest absolute Gasteiger partial charge is 0.197 e. The normalized spacial score (nSPS) is 42.9. The van der Waals surface area contributed by atoms with Crippen molar-refractivity contribution in [3.05, 3.63) is 0 Å². The van der Waals surface area contributed by atoms with Gasteiger partial charge in [0.15, 0.2) is 15.8 Å². The van der Waals surface area contributed by atoms with Crippen molar-refractivity contribution in [3.8, 4) is 0 Å². The van der Waals surface area contributed by atoms with E-state index in [1.165, 1.54) is 0 Å². The summed E-state index contributed by atoms with van der Waals surface area (Å²) in [6.45, 7) is 3.03. The Balaban J connectivity index is 2.04. The van der Waals surface area contributed by atoms with Crippen molar-refractivity contribution in [3.63, 3.8) is 0 Å². The molecule has 0 spiro atoms. The van der Waals surface area contributed by atoms with Crippen LogP contribution in [0.1, 0.15) is 32.6 Å². The molecule has 0 aromatic carbocycles. The molecule has 2 aliphatic rings. The van der Waals surface area contributed by atoms with Crippen LogP contribution in [0.5, 0.6) is 0 Å². The second kappa shape index (κ2) is 4.18. The van der Waals surface area contributed by atoms with Gasteiger partial charge in [0.25, 0.3) is 0 Å². The van der Waals surface area contributed by atoms with Crippen LogP contribution >= 0.6 is 11.8 Å². The van der Waals surface area contributed by atoms with Gasteiger partial charge in [0.2, 0.25) is 0 Å². The van der Waals surface area contributed by atoms with Gasteiger partial charge in [-0.15, -0.1) is 0 Å². The highest BCUT2D eigenvalue weighted by Gasteiger charge is 2.58. The van der Waals surface area contributed by atoms with Crippen LogP contribution in [0.4, 0.5) is 0 Å². The number of hydrogen-bond donors (Lipinski definition) is 4. The van der Waals surface area contributed by atoms with E-state index in [4.69, 9.17) is 5.73 Å². The van der Waals surface area contributed by atoms with E-state index >= 15 is 0 Å². The lowest BCUT2D eigenvalue weighted by Crippen LogP contribution is -2.56. The molecule has 0 radical (unpaired) electrons. The second-order valence-corrected chi connectivity index (χ2v) is 5.84. The first-order valence-electron chi connectivity index (χ1n) is 5.71. The third-order valence-corrected chi connectivity index (χ3v) is 4.37. The van der Waals surface area contributed by atoms with Crippen LogP contribution < -0.4 is 11.1 Å². The largest absolute Gasteiger partial charge is 0.378 e. The van der Waals surface area contributed by atoms with Crippen LogP contribution in [0, 0.1) is 0 Å². The zero-order valence-electron chi connectivity index (χ0n) is 9.44. The quantitative estimate of drug-likeness (QED) is 0.561. The Morgan fingerprint density at radius 3 is 3.06 bits per heavy atom. The summed E-state index contributed by atoms with van der Waals surface area (Å²) in [4.78, 5) is 2.71. The van der Waals surface area contributed by atoms with Crippen molar-refractivity contribution in [2.75, 3.05) is 6.54 Å². The van der Waals surface area contributed by atoms with Crippen molar-refractivity contribution in [2.24, 2.45) is 10.7 Å². The van der Waals surface area contributed by atoms with Crippen LogP contribution in [0.15, 0.2) is 4.99 Å². The molecule has 6 heteroatoms. The van der Waals surface area contributed by atoms with E-state index in [-0.39, 0.29) is 11.2 Å². The molecule has 0 aromatic heterocycles. The molecule has 1 saturated carbocycles. The van der Waals surface area contributed by atoms with Gasteiger partial charge < -0.3 is 21.3 Å². The Kier molecular flexibility index (Phi) is 3.18. The van der Waals surface area contributed by atoms with E-state index in [2.05, 4.69) is 17.2 Å². The monoisotopic (exact) mass is 245 g/mol. The molecule has 1 fully saturated rings. The fourth-order valence-corrected chi connectivity index (χ4v) is 3.48. The fraction of sp³-hybridized carbons (Fsp3) is 0.900. The summed E-state index contributed by atoms with van der Waals surface area (Å²) in [5, 5.41) is 24.3. The summed E-state index contributed by atoms with van der Waals surface area (Å²) in [6.07, 6.45) is 2.82. The summed E-state index contributed by atoms with van der Waals surface area (Å²) in [7, 11) is 0.